The van der Waals surface area contributed by atoms with Gasteiger partial charge in [-0.3, -0.25) is 19.3 Å². The number of methoxy groups -OCH3 is 1. The summed E-state index contributed by atoms with van der Waals surface area (Å²) in [4.78, 5) is 29.0. The van der Waals surface area contributed by atoms with Crippen molar-refractivity contribution < 1.29 is 14.3 Å². The molecule has 0 saturated heterocycles. The van der Waals surface area contributed by atoms with Crippen LogP contribution < -0.4 is 15.4 Å². The van der Waals surface area contributed by atoms with Gasteiger partial charge >= 0.3 is 0 Å². The Morgan fingerprint density at radius 1 is 1.17 bits per heavy atom. The first kappa shape index (κ1) is 19.6. The number of benzene rings is 1. The lowest BCUT2D eigenvalue weighted by molar-refractivity contribution is -0.121. The Morgan fingerprint density at radius 3 is 2.73 bits per heavy atom. The van der Waals surface area contributed by atoms with E-state index in [-0.39, 0.29) is 17.9 Å². The third-order valence-electron chi connectivity index (χ3n) is 5.09. The Morgan fingerprint density at radius 2 is 2.00 bits per heavy atom. The molecule has 0 spiro atoms. The van der Waals surface area contributed by atoms with Crippen LogP contribution in [0.3, 0.4) is 0 Å². The van der Waals surface area contributed by atoms with Crippen LogP contribution in [-0.4, -0.2) is 39.7 Å². The maximum absolute atomic E-state index is 12.6. The number of carbonyl (C=O) groups excluding carboxylic acids is 2. The Labute approximate surface area is 174 Å². The summed E-state index contributed by atoms with van der Waals surface area (Å²) < 4.78 is 6.92. The van der Waals surface area contributed by atoms with E-state index >= 15 is 0 Å². The van der Waals surface area contributed by atoms with E-state index in [4.69, 9.17) is 4.74 Å². The summed E-state index contributed by atoms with van der Waals surface area (Å²) in [6.07, 6.45) is 5.87. The maximum atomic E-state index is 12.6. The smallest absolute Gasteiger partial charge is 0.255 e. The summed E-state index contributed by atoms with van der Waals surface area (Å²) >= 11 is 0. The van der Waals surface area contributed by atoms with Crippen LogP contribution in [-0.2, 0) is 30.7 Å². The van der Waals surface area contributed by atoms with E-state index in [9.17, 15) is 9.59 Å². The molecule has 0 aliphatic carbocycles. The summed E-state index contributed by atoms with van der Waals surface area (Å²) in [6, 6.07) is 11.1. The number of pyridine rings is 1. The predicted octanol–water partition coefficient (Wildman–Crippen LogP) is 1.50. The molecule has 0 saturated carbocycles. The molecule has 8 nitrogen and oxygen atoms in total. The highest BCUT2D eigenvalue weighted by Crippen LogP contribution is 2.19. The van der Waals surface area contributed by atoms with Crippen LogP contribution in [0.15, 0.2) is 55.0 Å². The van der Waals surface area contributed by atoms with Crippen molar-refractivity contribution in [3.63, 3.8) is 0 Å². The van der Waals surface area contributed by atoms with Gasteiger partial charge in [-0.05, 0) is 29.3 Å². The van der Waals surface area contributed by atoms with Crippen LogP contribution in [0, 0.1) is 0 Å². The average Bonchev–Trinajstić information content (AvgIpc) is 3.33. The molecule has 0 fully saturated rings. The van der Waals surface area contributed by atoms with Crippen LogP contribution >= 0.6 is 0 Å². The molecular weight excluding hydrogens is 382 g/mol. The van der Waals surface area contributed by atoms with E-state index in [0.717, 1.165) is 22.6 Å². The molecule has 154 valence electrons. The molecule has 1 atom stereocenters. The van der Waals surface area contributed by atoms with Gasteiger partial charge in [0.2, 0.25) is 5.91 Å². The third kappa shape index (κ3) is 4.48. The van der Waals surface area contributed by atoms with Crippen LogP contribution in [0.4, 0.5) is 0 Å². The number of hydrogen-bond donors (Lipinski definition) is 2. The van der Waals surface area contributed by atoms with Gasteiger partial charge in [-0.25, -0.2) is 0 Å². The maximum Gasteiger partial charge on any atom is 0.255 e. The monoisotopic (exact) mass is 405 g/mol. The van der Waals surface area contributed by atoms with E-state index in [1.165, 1.54) is 0 Å². The number of nitrogens with one attached hydrogen (secondary N) is 2. The number of fused-ring (bicyclic) bond motifs is 1. The summed E-state index contributed by atoms with van der Waals surface area (Å²) in [6.45, 7) is 0.957. The quantitative estimate of drug-likeness (QED) is 0.621. The average molecular weight is 405 g/mol. The lowest BCUT2D eigenvalue weighted by atomic mass is 10.1. The molecular formula is C22H23N5O3. The third-order valence-corrected chi connectivity index (χ3v) is 5.09. The van der Waals surface area contributed by atoms with Crippen LogP contribution in [0.5, 0.6) is 5.75 Å². The van der Waals surface area contributed by atoms with Crippen molar-refractivity contribution >= 4 is 11.8 Å². The Kier molecular flexibility index (Phi) is 5.74. The number of amides is 2. The second kappa shape index (κ2) is 8.77. The Bertz CT molecular complexity index is 1030. The zero-order valence-corrected chi connectivity index (χ0v) is 16.7. The van der Waals surface area contributed by atoms with Crippen molar-refractivity contribution in [2.24, 2.45) is 0 Å². The summed E-state index contributed by atoms with van der Waals surface area (Å²) in [7, 11) is 1.61. The SMILES string of the molecule is COc1ccc(CC(=O)N[C@H]2Cc3c(C(=O)NCc4cccnc4)cnn3C2)cc1. The van der Waals surface area contributed by atoms with Crippen molar-refractivity contribution in [3.05, 3.63) is 77.4 Å². The molecule has 8 heteroatoms. The number of ether oxygens (including phenoxy) is 1. The molecule has 0 unspecified atom stereocenters. The molecule has 3 heterocycles. The molecule has 2 amide bonds. The molecule has 4 rings (SSSR count). The molecule has 2 aromatic heterocycles. The van der Waals surface area contributed by atoms with Crippen molar-refractivity contribution in [1.82, 2.24) is 25.4 Å². The molecule has 0 radical (unpaired) electrons. The van der Waals surface area contributed by atoms with Crippen molar-refractivity contribution in [1.29, 1.82) is 0 Å². The van der Waals surface area contributed by atoms with Gasteiger partial charge in [-0.15, -0.1) is 0 Å². The Balaban J connectivity index is 1.31. The van der Waals surface area contributed by atoms with Gasteiger partial charge < -0.3 is 15.4 Å². The lowest BCUT2D eigenvalue weighted by Crippen LogP contribution is -2.37. The number of rotatable bonds is 7. The summed E-state index contributed by atoms with van der Waals surface area (Å²) in [5.74, 6) is 0.526. The van der Waals surface area contributed by atoms with E-state index in [0.29, 0.717) is 31.5 Å². The van der Waals surface area contributed by atoms with Crippen molar-refractivity contribution in [3.8, 4) is 5.75 Å². The van der Waals surface area contributed by atoms with Gasteiger partial charge in [0.05, 0.1) is 43.6 Å². The first-order chi connectivity index (χ1) is 14.6. The molecule has 1 aliphatic rings. The first-order valence-corrected chi connectivity index (χ1v) is 9.76. The minimum Gasteiger partial charge on any atom is -0.497 e. The normalized spacial score (nSPS) is 14.8. The minimum atomic E-state index is -0.176. The van der Waals surface area contributed by atoms with Crippen molar-refractivity contribution in [2.75, 3.05) is 7.11 Å². The topological polar surface area (TPSA) is 98.1 Å². The molecule has 3 aromatic rings. The standard InChI is InChI=1S/C22H23N5O3/c1-30-18-6-4-15(5-7-18)9-21(28)26-17-10-20-19(13-25-27(20)14-17)22(29)24-12-16-3-2-8-23-11-16/h2-8,11,13,17H,9-10,12,14H2,1H3,(H,24,29)(H,26,28)/t17-/m0/s1. The van der Waals surface area contributed by atoms with Crippen LogP contribution in [0.2, 0.25) is 0 Å². The molecule has 1 aromatic carbocycles. The highest BCUT2D eigenvalue weighted by molar-refractivity contribution is 5.95. The van der Waals surface area contributed by atoms with Crippen LogP contribution in [0.25, 0.3) is 0 Å². The molecule has 0 bridgehead atoms. The van der Waals surface area contributed by atoms with Gasteiger partial charge in [0.15, 0.2) is 0 Å². The molecule has 30 heavy (non-hydrogen) atoms. The lowest BCUT2D eigenvalue weighted by Gasteiger charge is -2.12. The van der Waals surface area contributed by atoms with Crippen LogP contribution in [0.1, 0.15) is 27.2 Å². The fourth-order valence-corrected chi connectivity index (χ4v) is 3.56. The van der Waals surface area contributed by atoms with E-state index in [1.54, 1.807) is 30.4 Å². The second-order valence-electron chi connectivity index (χ2n) is 7.22. The van der Waals surface area contributed by atoms with E-state index in [1.807, 2.05) is 36.4 Å². The number of hydrogen-bond acceptors (Lipinski definition) is 5. The predicted molar refractivity (Wildman–Crippen MR) is 110 cm³/mol. The zero-order valence-electron chi connectivity index (χ0n) is 16.7. The van der Waals surface area contributed by atoms with E-state index < -0.39 is 0 Å². The number of nitrogens with zero attached hydrogens (tertiary/aromatic N) is 3. The largest absolute Gasteiger partial charge is 0.497 e. The number of aromatic nitrogens is 3. The van der Waals surface area contributed by atoms with Gasteiger partial charge in [0.25, 0.3) is 5.91 Å². The van der Waals surface area contributed by atoms with Gasteiger partial charge in [-0.1, -0.05) is 18.2 Å². The zero-order chi connectivity index (χ0) is 20.9. The van der Waals surface area contributed by atoms with Crippen molar-refractivity contribution in [2.45, 2.75) is 32.0 Å². The highest BCUT2D eigenvalue weighted by atomic mass is 16.5. The molecule has 1 aliphatic heterocycles. The summed E-state index contributed by atoms with van der Waals surface area (Å²) in [5, 5.41) is 10.3. The molecule has 2 N–H and O–H groups in total. The van der Waals surface area contributed by atoms with Gasteiger partial charge in [0, 0.05) is 25.4 Å². The highest BCUT2D eigenvalue weighted by Gasteiger charge is 2.28. The number of carbonyl (C=O) groups is 2. The second-order valence-corrected chi connectivity index (χ2v) is 7.22. The minimum absolute atomic E-state index is 0.0569. The fraction of sp³-hybridized carbons (Fsp3) is 0.273. The van der Waals surface area contributed by atoms with E-state index in [2.05, 4.69) is 20.7 Å². The van der Waals surface area contributed by atoms with Gasteiger partial charge in [0.1, 0.15) is 5.75 Å². The fourth-order valence-electron chi connectivity index (χ4n) is 3.56. The Hall–Kier alpha value is -3.68. The van der Waals surface area contributed by atoms with Gasteiger partial charge in [-0.2, -0.15) is 5.10 Å². The first-order valence-electron chi connectivity index (χ1n) is 9.76. The summed E-state index contributed by atoms with van der Waals surface area (Å²) in [5.41, 5.74) is 3.23.